The van der Waals surface area contributed by atoms with Crippen molar-refractivity contribution >= 4 is 5.94 Å². The summed E-state index contributed by atoms with van der Waals surface area (Å²) in [6.45, 7) is 0. The number of nitrogens with one attached hydrogen (secondary N) is 2. The number of rotatable bonds is 0. The summed E-state index contributed by atoms with van der Waals surface area (Å²) < 4.78 is 0. The minimum atomic E-state index is 0.266. The first-order valence-corrected chi connectivity index (χ1v) is 2.07. The zero-order chi connectivity index (χ0) is 5.98. The molecule has 0 saturated carbocycles. The first-order chi connectivity index (χ1) is 3.83. The Bertz CT molecular complexity index is 178. The monoisotopic (exact) mass is 111 g/mol. The molecule has 0 aromatic heterocycles. The van der Waals surface area contributed by atoms with Gasteiger partial charge in [0.15, 0.2) is 11.8 Å². The summed E-state index contributed by atoms with van der Waals surface area (Å²) in [5.74, 6) is 2.31. The number of hydrogen-bond donors (Lipinski definition) is 3. The molecule has 1 heterocycles. The van der Waals surface area contributed by atoms with Gasteiger partial charge in [-0.05, 0) is 0 Å². The maximum Gasteiger partial charge on any atom is 0.196 e. The van der Waals surface area contributed by atoms with E-state index in [1.54, 1.807) is 5.94 Å². The third kappa shape index (κ3) is 0.643. The van der Waals surface area contributed by atoms with E-state index in [9.17, 15) is 4.79 Å². The van der Waals surface area contributed by atoms with Crippen LogP contribution in [-0.2, 0) is 4.79 Å². The van der Waals surface area contributed by atoms with Crippen molar-refractivity contribution in [3.63, 3.8) is 0 Å². The second-order valence-corrected chi connectivity index (χ2v) is 1.35. The highest BCUT2D eigenvalue weighted by Gasteiger charge is 2.02. The molecule has 0 aliphatic carbocycles. The Balaban J connectivity index is 2.69. The van der Waals surface area contributed by atoms with Crippen molar-refractivity contribution in [2.24, 2.45) is 5.73 Å². The zero-order valence-electron chi connectivity index (χ0n) is 4.06. The van der Waals surface area contributed by atoms with Gasteiger partial charge >= 0.3 is 0 Å². The van der Waals surface area contributed by atoms with Gasteiger partial charge in [0.05, 0.1) is 0 Å². The molecule has 0 bridgehead atoms. The summed E-state index contributed by atoms with van der Waals surface area (Å²) in [5.41, 5.74) is 5.19. The molecule has 0 atom stereocenters. The predicted molar refractivity (Wildman–Crippen MR) is 27.7 cm³/mol. The topological polar surface area (TPSA) is 67.1 Å². The Hall–Kier alpha value is -1.41. The highest BCUT2D eigenvalue weighted by Crippen LogP contribution is 1.88. The zero-order valence-corrected chi connectivity index (χ0v) is 4.06. The van der Waals surface area contributed by atoms with Crippen molar-refractivity contribution in [2.45, 2.75) is 0 Å². The predicted octanol–water partition coefficient (Wildman–Crippen LogP) is -1.39. The fourth-order valence-electron chi connectivity index (χ4n) is 0.421. The maximum atomic E-state index is 9.78. The van der Waals surface area contributed by atoms with Crippen molar-refractivity contribution in [1.82, 2.24) is 10.6 Å². The molecular formula is C4H5N3O. The molecule has 1 aliphatic rings. The average Bonchev–Trinajstić information content (AvgIpc) is 2.14. The van der Waals surface area contributed by atoms with E-state index in [2.05, 4.69) is 10.6 Å². The molecule has 42 valence electrons. The van der Waals surface area contributed by atoms with E-state index in [1.807, 2.05) is 0 Å². The molecule has 0 aromatic carbocycles. The van der Waals surface area contributed by atoms with Gasteiger partial charge in [0.2, 0.25) is 0 Å². The minimum absolute atomic E-state index is 0.266. The van der Waals surface area contributed by atoms with E-state index >= 15 is 0 Å². The van der Waals surface area contributed by atoms with Crippen LogP contribution in [0.1, 0.15) is 0 Å². The molecule has 4 heteroatoms. The molecule has 0 amide bonds. The molecule has 0 spiro atoms. The average molecular weight is 111 g/mol. The van der Waals surface area contributed by atoms with Crippen LogP contribution in [-0.4, -0.2) is 5.94 Å². The Morgan fingerprint density at radius 3 is 2.75 bits per heavy atom. The maximum absolute atomic E-state index is 9.78. The molecule has 8 heavy (non-hydrogen) atoms. The van der Waals surface area contributed by atoms with Crippen molar-refractivity contribution in [3.8, 4) is 0 Å². The smallest absolute Gasteiger partial charge is 0.196 e. The largest absolute Gasteiger partial charge is 0.384 e. The van der Waals surface area contributed by atoms with E-state index < -0.39 is 0 Å². The van der Waals surface area contributed by atoms with Gasteiger partial charge in [0.1, 0.15) is 5.82 Å². The van der Waals surface area contributed by atoms with Crippen LogP contribution >= 0.6 is 0 Å². The van der Waals surface area contributed by atoms with Crippen LogP contribution in [0.4, 0.5) is 0 Å². The summed E-state index contributed by atoms with van der Waals surface area (Å²) in [4.78, 5) is 9.78. The van der Waals surface area contributed by atoms with Crippen LogP contribution in [0.5, 0.6) is 0 Å². The SMILES string of the molecule is NC1=CNC(=C=O)N1. The summed E-state index contributed by atoms with van der Waals surface area (Å²) in [6, 6.07) is 0. The Kier molecular flexibility index (Phi) is 0.946. The van der Waals surface area contributed by atoms with Gasteiger partial charge in [-0.1, -0.05) is 0 Å². The summed E-state index contributed by atoms with van der Waals surface area (Å²) in [6.07, 6.45) is 1.49. The van der Waals surface area contributed by atoms with Crippen LogP contribution in [0.3, 0.4) is 0 Å². The third-order valence-corrected chi connectivity index (χ3v) is 0.743. The Morgan fingerprint density at radius 2 is 2.50 bits per heavy atom. The van der Waals surface area contributed by atoms with Gasteiger partial charge in [-0.2, -0.15) is 0 Å². The van der Waals surface area contributed by atoms with Gasteiger partial charge in [-0.15, -0.1) is 0 Å². The molecule has 0 aromatic rings. The lowest BCUT2D eigenvalue weighted by Gasteiger charge is -1.90. The lowest BCUT2D eigenvalue weighted by Crippen LogP contribution is -2.16. The van der Waals surface area contributed by atoms with Gasteiger partial charge in [-0.25, -0.2) is 4.79 Å². The van der Waals surface area contributed by atoms with Gasteiger partial charge in [0.25, 0.3) is 0 Å². The van der Waals surface area contributed by atoms with Crippen molar-refractivity contribution in [1.29, 1.82) is 0 Å². The van der Waals surface area contributed by atoms with Crippen LogP contribution in [0, 0.1) is 0 Å². The molecule has 0 fully saturated rings. The molecule has 0 unspecified atom stereocenters. The molecule has 4 N–H and O–H groups in total. The van der Waals surface area contributed by atoms with Crippen molar-refractivity contribution in [3.05, 3.63) is 17.8 Å². The lowest BCUT2D eigenvalue weighted by atomic mass is 10.8. The normalized spacial score (nSPS) is 16.0. The van der Waals surface area contributed by atoms with Crippen LogP contribution < -0.4 is 16.4 Å². The number of carbonyl (C=O) groups excluding carboxylic acids is 1. The van der Waals surface area contributed by atoms with Gasteiger partial charge in [-0.3, -0.25) is 0 Å². The Labute approximate surface area is 46.1 Å². The van der Waals surface area contributed by atoms with E-state index in [0.29, 0.717) is 5.82 Å². The first kappa shape index (κ1) is 4.74. The summed E-state index contributed by atoms with van der Waals surface area (Å²) >= 11 is 0. The van der Waals surface area contributed by atoms with Crippen molar-refractivity contribution < 1.29 is 4.79 Å². The van der Waals surface area contributed by atoms with E-state index in [4.69, 9.17) is 5.73 Å². The highest BCUT2D eigenvalue weighted by atomic mass is 16.1. The molecule has 4 nitrogen and oxygen atoms in total. The lowest BCUT2D eigenvalue weighted by molar-refractivity contribution is 0.564. The van der Waals surface area contributed by atoms with Crippen LogP contribution in [0.2, 0.25) is 0 Å². The molecule has 1 rings (SSSR count). The second kappa shape index (κ2) is 1.60. The third-order valence-electron chi connectivity index (χ3n) is 0.743. The quantitative estimate of drug-likeness (QED) is 0.337. The minimum Gasteiger partial charge on any atom is -0.384 e. The number of nitrogens with two attached hydrogens (primary N) is 1. The molecule has 0 radical (unpaired) electrons. The fourth-order valence-corrected chi connectivity index (χ4v) is 0.421. The van der Waals surface area contributed by atoms with Gasteiger partial charge < -0.3 is 16.4 Å². The standard InChI is InChI=1S/C4H5N3O/c5-3-1-6-4(2-8)7-3/h1,6-7H,5H2. The fraction of sp³-hybridized carbons (Fsp3) is 0. The van der Waals surface area contributed by atoms with E-state index in [1.165, 1.54) is 6.20 Å². The molecule has 0 saturated heterocycles. The second-order valence-electron chi connectivity index (χ2n) is 1.35. The van der Waals surface area contributed by atoms with E-state index in [-0.39, 0.29) is 5.82 Å². The summed E-state index contributed by atoms with van der Waals surface area (Å²) in [7, 11) is 0. The van der Waals surface area contributed by atoms with E-state index in [0.717, 1.165) is 0 Å². The van der Waals surface area contributed by atoms with Crippen LogP contribution in [0.25, 0.3) is 0 Å². The number of hydrogen-bond acceptors (Lipinski definition) is 4. The first-order valence-electron chi connectivity index (χ1n) is 2.07. The van der Waals surface area contributed by atoms with Crippen molar-refractivity contribution in [2.75, 3.05) is 0 Å². The van der Waals surface area contributed by atoms with Crippen LogP contribution in [0.15, 0.2) is 17.8 Å². The highest BCUT2D eigenvalue weighted by molar-refractivity contribution is 5.53. The Morgan fingerprint density at radius 1 is 1.75 bits per heavy atom. The summed E-state index contributed by atoms with van der Waals surface area (Å²) in [5, 5.41) is 5.08. The molecule has 1 aliphatic heterocycles. The van der Waals surface area contributed by atoms with Gasteiger partial charge in [0, 0.05) is 6.20 Å². The molecular weight excluding hydrogens is 106 g/mol.